The zero-order chi connectivity index (χ0) is 17.9. The molecule has 1 amide bonds. The summed E-state index contributed by atoms with van der Waals surface area (Å²) in [5.74, 6) is 0.857. The van der Waals surface area contributed by atoms with Gasteiger partial charge in [-0.2, -0.15) is 0 Å². The number of amides is 1. The standard InChI is InChI=1S/C21H21N3O2/c1-26-19-8-6-18(7-9-19)23-10-12-24(13-11-23)21(25)20-14-16-4-2-3-5-17(16)15-22-20/h2-9,14-15H,10-13H2,1H3. The third-order valence-corrected chi connectivity index (χ3v) is 4.85. The third-order valence-electron chi connectivity index (χ3n) is 4.85. The highest BCUT2D eigenvalue weighted by molar-refractivity contribution is 5.96. The van der Waals surface area contributed by atoms with E-state index in [9.17, 15) is 4.79 Å². The van der Waals surface area contributed by atoms with E-state index < -0.39 is 0 Å². The first-order chi connectivity index (χ1) is 12.7. The molecule has 0 atom stereocenters. The lowest BCUT2D eigenvalue weighted by atomic mass is 10.1. The number of carbonyl (C=O) groups excluding carboxylic acids is 1. The number of rotatable bonds is 3. The molecule has 0 radical (unpaired) electrons. The van der Waals surface area contributed by atoms with E-state index in [1.165, 1.54) is 0 Å². The van der Waals surface area contributed by atoms with Crippen LogP contribution in [0.25, 0.3) is 10.8 Å². The fraction of sp³-hybridized carbons (Fsp3) is 0.238. The predicted octanol–water partition coefficient (Wildman–Crippen LogP) is 3.21. The molecule has 1 fully saturated rings. The van der Waals surface area contributed by atoms with Gasteiger partial charge >= 0.3 is 0 Å². The van der Waals surface area contributed by atoms with Gasteiger partial charge < -0.3 is 14.5 Å². The summed E-state index contributed by atoms with van der Waals surface area (Å²) in [6.07, 6.45) is 1.77. The smallest absolute Gasteiger partial charge is 0.272 e. The molecule has 1 saturated heterocycles. The van der Waals surface area contributed by atoms with E-state index in [4.69, 9.17) is 4.74 Å². The van der Waals surface area contributed by atoms with Crippen LogP contribution in [0.1, 0.15) is 10.5 Å². The fourth-order valence-corrected chi connectivity index (χ4v) is 3.32. The molecule has 2 aromatic carbocycles. The summed E-state index contributed by atoms with van der Waals surface area (Å²) >= 11 is 0. The minimum atomic E-state index is 0.00475. The lowest BCUT2D eigenvalue weighted by molar-refractivity contribution is 0.0741. The first-order valence-corrected chi connectivity index (χ1v) is 8.78. The lowest BCUT2D eigenvalue weighted by Crippen LogP contribution is -2.49. The number of anilines is 1. The van der Waals surface area contributed by atoms with E-state index >= 15 is 0 Å². The van der Waals surface area contributed by atoms with Gasteiger partial charge in [0.1, 0.15) is 11.4 Å². The van der Waals surface area contributed by atoms with E-state index in [0.29, 0.717) is 18.8 Å². The first-order valence-electron chi connectivity index (χ1n) is 8.78. The molecule has 1 aliphatic heterocycles. The van der Waals surface area contributed by atoms with E-state index in [-0.39, 0.29) is 5.91 Å². The molecule has 0 unspecified atom stereocenters. The Kier molecular flexibility index (Phi) is 4.44. The molecule has 4 rings (SSSR count). The molecule has 0 saturated carbocycles. The molecule has 1 aliphatic rings. The number of aromatic nitrogens is 1. The monoisotopic (exact) mass is 347 g/mol. The van der Waals surface area contributed by atoms with Crippen molar-refractivity contribution in [3.05, 3.63) is 66.5 Å². The van der Waals surface area contributed by atoms with E-state index in [1.54, 1.807) is 13.3 Å². The van der Waals surface area contributed by atoms with E-state index in [2.05, 4.69) is 22.0 Å². The first kappa shape index (κ1) is 16.4. The number of nitrogens with zero attached hydrogens (tertiary/aromatic N) is 3. The molecule has 132 valence electrons. The van der Waals surface area contributed by atoms with E-state index in [0.717, 1.165) is 35.3 Å². The topological polar surface area (TPSA) is 45.7 Å². The van der Waals surface area contributed by atoms with Crippen molar-refractivity contribution in [1.29, 1.82) is 0 Å². The van der Waals surface area contributed by atoms with Gasteiger partial charge in [0, 0.05) is 43.4 Å². The van der Waals surface area contributed by atoms with Crippen molar-refractivity contribution >= 4 is 22.4 Å². The molecular weight excluding hydrogens is 326 g/mol. The SMILES string of the molecule is COc1ccc(N2CCN(C(=O)c3cc4ccccc4cn3)CC2)cc1. The number of hydrogen-bond donors (Lipinski definition) is 0. The van der Waals surface area contributed by atoms with Crippen LogP contribution in [0.2, 0.25) is 0 Å². The highest BCUT2D eigenvalue weighted by Crippen LogP contribution is 2.21. The van der Waals surface area contributed by atoms with Gasteiger partial charge in [-0.25, -0.2) is 0 Å². The van der Waals surface area contributed by atoms with Gasteiger partial charge in [-0.3, -0.25) is 9.78 Å². The Labute approximate surface area is 152 Å². The normalized spacial score (nSPS) is 14.5. The zero-order valence-electron chi connectivity index (χ0n) is 14.8. The molecule has 0 spiro atoms. The van der Waals surface area contributed by atoms with Gasteiger partial charge in [-0.1, -0.05) is 24.3 Å². The minimum Gasteiger partial charge on any atom is -0.497 e. The van der Waals surface area contributed by atoms with Gasteiger partial charge in [0.15, 0.2) is 0 Å². The average Bonchev–Trinajstić information content (AvgIpc) is 2.73. The van der Waals surface area contributed by atoms with Crippen LogP contribution in [0.3, 0.4) is 0 Å². The van der Waals surface area contributed by atoms with Gasteiger partial charge in [0.25, 0.3) is 5.91 Å². The van der Waals surface area contributed by atoms with Crippen molar-refractivity contribution in [2.24, 2.45) is 0 Å². The van der Waals surface area contributed by atoms with Crippen molar-refractivity contribution in [2.45, 2.75) is 0 Å². The summed E-state index contributed by atoms with van der Waals surface area (Å²) in [5.41, 5.74) is 1.67. The van der Waals surface area contributed by atoms with Gasteiger partial charge in [0.05, 0.1) is 7.11 Å². The molecule has 26 heavy (non-hydrogen) atoms. The lowest BCUT2D eigenvalue weighted by Gasteiger charge is -2.36. The second-order valence-electron chi connectivity index (χ2n) is 6.39. The maximum absolute atomic E-state index is 12.8. The fourth-order valence-electron chi connectivity index (χ4n) is 3.32. The average molecular weight is 347 g/mol. The molecule has 2 heterocycles. The van der Waals surface area contributed by atoms with Crippen molar-refractivity contribution in [3.8, 4) is 5.75 Å². The van der Waals surface area contributed by atoms with Crippen LogP contribution in [-0.4, -0.2) is 49.1 Å². The molecule has 0 bridgehead atoms. The second-order valence-corrected chi connectivity index (χ2v) is 6.39. The Morgan fingerprint density at radius 3 is 2.35 bits per heavy atom. The summed E-state index contributed by atoms with van der Waals surface area (Å²) < 4.78 is 5.21. The van der Waals surface area contributed by atoms with Gasteiger partial charge in [-0.05, 0) is 35.7 Å². The minimum absolute atomic E-state index is 0.00475. The predicted molar refractivity (Wildman–Crippen MR) is 103 cm³/mol. The maximum Gasteiger partial charge on any atom is 0.272 e. The molecular formula is C21H21N3O2. The summed E-state index contributed by atoms with van der Waals surface area (Å²) in [7, 11) is 1.67. The molecule has 1 aromatic heterocycles. The summed E-state index contributed by atoms with van der Waals surface area (Å²) in [5, 5.41) is 2.09. The zero-order valence-corrected chi connectivity index (χ0v) is 14.8. The number of methoxy groups -OCH3 is 1. The number of pyridine rings is 1. The Morgan fingerprint density at radius 2 is 1.65 bits per heavy atom. The van der Waals surface area contributed by atoms with Gasteiger partial charge in [-0.15, -0.1) is 0 Å². The van der Waals surface area contributed by atoms with Gasteiger partial charge in [0.2, 0.25) is 0 Å². The van der Waals surface area contributed by atoms with Crippen molar-refractivity contribution in [2.75, 3.05) is 38.2 Å². The molecule has 5 heteroatoms. The molecule has 0 N–H and O–H groups in total. The number of hydrogen-bond acceptors (Lipinski definition) is 4. The number of carbonyl (C=O) groups is 1. The van der Waals surface area contributed by atoms with Crippen LogP contribution in [0.15, 0.2) is 60.8 Å². The second kappa shape index (κ2) is 7.04. The Balaban J connectivity index is 1.43. The quantitative estimate of drug-likeness (QED) is 0.730. The van der Waals surface area contributed by atoms with Crippen molar-refractivity contribution in [1.82, 2.24) is 9.88 Å². The van der Waals surface area contributed by atoms with Crippen molar-refractivity contribution < 1.29 is 9.53 Å². The largest absolute Gasteiger partial charge is 0.497 e. The Morgan fingerprint density at radius 1 is 0.962 bits per heavy atom. The summed E-state index contributed by atoms with van der Waals surface area (Å²) in [6, 6.07) is 17.9. The van der Waals surface area contributed by atoms with Crippen LogP contribution in [-0.2, 0) is 0 Å². The van der Waals surface area contributed by atoms with Crippen LogP contribution < -0.4 is 9.64 Å². The maximum atomic E-state index is 12.8. The summed E-state index contributed by atoms with van der Waals surface area (Å²) in [6.45, 7) is 3.01. The Bertz CT molecular complexity index is 916. The van der Waals surface area contributed by atoms with Crippen LogP contribution in [0.5, 0.6) is 5.75 Å². The highest BCUT2D eigenvalue weighted by atomic mass is 16.5. The van der Waals surface area contributed by atoms with Crippen LogP contribution in [0, 0.1) is 0 Å². The van der Waals surface area contributed by atoms with Crippen LogP contribution >= 0.6 is 0 Å². The summed E-state index contributed by atoms with van der Waals surface area (Å²) in [4.78, 5) is 21.3. The number of benzene rings is 2. The van der Waals surface area contributed by atoms with E-state index in [1.807, 2.05) is 47.4 Å². The highest BCUT2D eigenvalue weighted by Gasteiger charge is 2.23. The molecule has 5 nitrogen and oxygen atoms in total. The molecule has 3 aromatic rings. The number of fused-ring (bicyclic) bond motifs is 1. The van der Waals surface area contributed by atoms with Crippen molar-refractivity contribution in [3.63, 3.8) is 0 Å². The van der Waals surface area contributed by atoms with Crippen LogP contribution in [0.4, 0.5) is 5.69 Å². The third kappa shape index (κ3) is 3.20. The Hall–Kier alpha value is -3.08. The number of ether oxygens (including phenoxy) is 1. The number of piperazine rings is 1. The molecule has 0 aliphatic carbocycles.